The summed E-state index contributed by atoms with van der Waals surface area (Å²) in [6.45, 7) is 3.52. The second-order valence-corrected chi connectivity index (χ2v) is 4.94. The highest BCUT2D eigenvalue weighted by Gasteiger charge is 2.44. The quantitative estimate of drug-likeness (QED) is 0.780. The molecule has 0 fully saturated rings. The van der Waals surface area contributed by atoms with E-state index in [0.29, 0.717) is 30.4 Å². The summed E-state index contributed by atoms with van der Waals surface area (Å²) in [5, 5.41) is 8.86. The largest absolute Gasteiger partial charge is 0.451 e. The van der Waals surface area contributed by atoms with Crippen LogP contribution in [0.5, 0.6) is 0 Å². The minimum Gasteiger partial charge on any atom is -0.451 e. The van der Waals surface area contributed by atoms with Crippen molar-refractivity contribution in [3.63, 3.8) is 0 Å². The second-order valence-electron chi connectivity index (χ2n) is 4.94. The number of Topliss-reactive ketones (excluding diaryl/α,β-unsaturated/α-hetero) is 1. The number of carbonyl (C=O) groups is 2. The maximum Gasteiger partial charge on any atom is 0.306 e. The molecule has 0 radical (unpaired) electrons. The number of hydrogen-bond donors (Lipinski definition) is 0. The molecule has 4 nitrogen and oxygen atoms in total. The van der Waals surface area contributed by atoms with Crippen LogP contribution in [0.2, 0.25) is 0 Å². The number of ketones is 1. The Kier molecular flexibility index (Phi) is 3.39. The maximum absolute atomic E-state index is 12.3. The molecule has 0 N–H and O–H groups in total. The Morgan fingerprint density at radius 3 is 2.89 bits per heavy atom. The van der Waals surface area contributed by atoms with Gasteiger partial charge in [-0.25, -0.2) is 0 Å². The predicted octanol–water partition coefficient (Wildman–Crippen LogP) is 2.40. The first-order chi connectivity index (χ1) is 9.00. The van der Waals surface area contributed by atoms with Crippen LogP contribution in [-0.2, 0) is 16.0 Å². The van der Waals surface area contributed by atoms with Crippen LogP contribution in [0.15, 0.2) is 18.2 Å². The lowest BCUT2D eigenvalue weighted by atomic mass is 10.0. The maximum atomic E-state index is 12.3. The zero-order chi connectivity index (χ0) is 14.0. The summed E-state index contributed by atoms with van der Waals surface area (Å²) < 4.78 is 5.34. The summed E-state index contributed by atoms with van der Waals surface area (Å²) in [4.78, 5) is 23.9. The Bertz CT molecular complexity index is 586. The molecule has 0 aromatic heterocycles. The Morgan fingerprint density at radius 2 is 2.26 bits per heavy atom. The third kappa shape index (κ3) is 2.37. The lowest BCUT2D eigenvalue weighted by molar-refractivity contribution is -0.153. The molecule has 1 aliphatic rings. The van der Waals surface area contributed by atoms with Crippen LogP contribution in [0.4, 0.5) is 0 Å². The molecule has 0 saturated heterocycles. The molecule has 2 rings (SSSR count). The van der Waals surface area contributed by atoms with Gasteiger partial charge in [0.1, 0.15) is 0 Å². The molecule has 0 amide bonds. The zero-order valence-electron chi connectivity index (χ0n) is 11.0. The number of benzene rings is 1. The van der Waals surface area contributed by atoms with Crippen molar-refractivity contribution < 1.29 is 14.3 Å². The van der Waals surface area contributed by atoms with Crippen LogP contribution < -0.4 is 0 Å². The molecule has 1 aromatic rings. The molecule has 0 heterocycles. The second kappa shape index (κ2) is 4.85. The van der Waals surface area contributed by atoms with E-state index in [9.17, 15) is 9.59 Å². The van der Waals surface area contributed by atoms with Gasteiger partial charge in [0.2, 0.25) is 5.78 Å². The van der Waals surface area contributed by atoms with Gasteiger partial charge in [-0.05, 0) is 37.1 Å². The minimum atomic E-state index is -1.12. The first-order valence-electron chi connectivity index (χ1n) is 6.30. The molecule has 19 heavy (non-hydrogen) atoms. The Balaban J connectivity index is 2.27. The van der Waals surface area contributed by atoms with Crippen LogP contribution in [-0.4, -0.2) is 17.4 Å². The average Bonchev–Trinajstić information content (AvgIpc) is 2.61. The van der Waals surface area contributed by atoms with Crippen molar-refractivity contribution >= 4 is 11.8 Å². The van der Waals surface area contributed by atoms with E-state index in [4.69, 9.17) is 10.00 Å². The molecule has 1 aromatic carbocycles. The standard InChI is InChI=1S/C15H15NO3/c1-3-4-13(17)19-15(2)8-11-7-10(9-16)5-6-12(11)14(15)18/h5-7H,3-4,8H2,1-2H3. The van der Waals surface area contributed by atoms with Crippen LogP contribution >= 0.6 is 0 Å². The van der Waals surface area contributed by atoms with Crippen molar-refractivity contribution in [1.29, 1.82) is 5.26 Å². The smallest absolute Gasteiger partial charge is 0.306 e. The number of ether oxygens (including phenoxy) is 1. The minimum absolute atomic E-state index is 0.184. The number of carbonyl (C=O) groups excluding carboxylic acids is 2. The number of nitriles is 1. The van der Waals surface area contributed by atoms with Crippen molar-refractivity contribution in [3.8, 4) is 6.07 Å². The van der Waals surface area contributed by atoms with Gasteiger partial charge in [-0.2, -0.15) is 5.26 Å². The Morgan fingerprint density at radius 1 is 1.53 bits per heavy atom. The van der Waals surface area contributed by atoms with E-state index < -0.39 is 5.60 Å². The molecule has 0 aliphatic heterocycles. The van der Waals surface area contributed by atoms with Gasteiger partial charge >= 0.3 is 5.97 Å². The van der Waals surface area contributed by atoms with E-state index in [0.717, 1.165) is 5.56 Å². The molecule has 0 saturated carbocycles. The van der Waals surface area contributed by atoms with Crippen molar-refractivity contribution in [3.05, 3.63) is 34.9 Å². The number of hydrogen-bond acceptors (Lipinski definition) is 4. The number of fused-ring (bicyclic) bond motifs is 1. The van der Waals surface area contributed by atoms with Crippen molar-refractivity contribution in [2.45, 2.75) is 38.7 Å². The van der Waals surface area contributed by atoms with Crippen LogP contribution in [0.3, 0.4) is 0 Å². The lowest BCUT2D eigenvalue weighted by Gasteiger charge is -2.22. The van der Waals surface area contributed by atoms with E-state index in [1.165, 1.54) is 0 Å². The number of rotatable bonds is 3. The zero-order valence-corrected chi connectivity index (χ0v) is 11.0. The summed E-state index contributed by atoms with van der Waals surface area (Å²) in [6.07, 6.45) is 1.34. The molecule has 1 aliphatic carbocycles. The third-order valence-electron chi connectivity index (χ3n) is 3.28. The summed E-state index contributed by atoms with van der Waals surface area (Å²) in [5.41, 5.74) is 0.709. The van der Waals surface area contributed by atoms with Crippen molar-refractivity contribution in [1.82, 2.24) is 0 Å². The number of nitrogens with zero attached hydrogens (tertiary/aromatic N) is 1. The van der Waals surface area contributed by atoms with E-state index in [1.54, 1.807) is 25.1 Å². The normalized spacial score (nSPS) is 20.8. The van der Waals surface area contributed by atoms with Gasteiger partial charge in [0.15, 0.2) is 5.60 Å². The lowest BCUT2D eigenvalue weighted by Crippen LogP contribution is -2.37. The summed E-state index contributed by atoms with van der Waals surface area (Å²) in [5.74, 6) is -0.539. The third-order valence-corrected chi connectivity index (χ3v) is 3.28. The van der Waals surface area contributed by atoms with Gasteiger partial charge in [-0.1, -0.05) is 6.92 Å². The van der Waals surface area contributed by atoms with Gasteiger partial charge in [0, 0.05) is 18.4 Å². The molecule has 98 valence electrons. The first-order valence-corrected chi connectivity index (χ1v) is 6.30. The predicted molar refractivity (Wildman–Crippen MR) is 68.6 cm³/mol. The number of esters is 1. The highest BCUT2D eigenvalue weighted by Crippen LogP contribution is 2.33. The van der Waals surface area contributed by atoms with Crippen molar-refractivity contribution in [2.24, 2.45) is 0 Å². The van der Waals surface area contributed by atoms with Crippen molar-refractivity contribution in [2.75, 3.05) is 0 Å². The summed E-state index contributed by atoms with van der Waals surface area (Å²) in [7, 11) is 0. The molecule has 4 heteroatoms. The first kappa shape index (κ1) is 13.3. The average molecular weight is 257 g/mol. The summed E-state index contributed by atoms with van der Waals surface area (Å²) >= 11 is 0. The van der Waals surface area contributed by atoms with Crippen LogP contribution in [0.1, 0.15) is 48.2 Å². The van der Waals surface area contributed by atoms with Gasteiger partial charge < -0.3 is 4.74 Å². The monoisotopic (exact) mass is 257 g/mol. The highest BCUT2D eigenvalue weighted by molar-refractivity contribution is 6.07. The van der Waals surface area contributed by atoms with Gasteiger partial charge in [0.05, 0.1) is 11.6 Å². The van der Waals surface area contributed by atoms with Crippen LogP contribution in [0.25, 0.3) is 0 Å². The van der Waals surface area contributed by atoms with E-state index in [1.807, 2.05) is 13.0 Å². The molecule has 0 spiro atoms. The highest BCUT2D eigenvalue weighted by atomic mass is 16.6. The van der Waals surface area contributed by atoms with E-state index in [2.05, 4.69) is 0 Å². The van der Waals surface area contributed by atoms with Crippen LogP contribution in [0, 0.1) is 11.3 Å². The summed E-state index contributed by atoms with van der Waals surface area (Å²) in [6, 6.07) is 6.97. The molecular weight excluding hydrogens is 242 g/mol. The molecule has 0 bridgehead atoms. The Hall–Kier alpha value is -2.15. The van der Waals surface area contributed by atoms with E-state index >= 15 is 0 Å². The molecule has 1 unspecified atom stereocenters. The fourth-order valence-corrected chi connectivity index (χ4v) is 2.35. The topological polar surface area (TPSA) is 67.2 Å². The van der Waals surface area contributed by atoms with Gasteiger partial charge in [0.25, 0.3) is 0 Å². The molecular formula is C15H15NO3. The van der Waals surface area contributed by atoms with E-state index in [-0.39, 0.29) is 11.8 Å². The SMILES string of the molecule is CCCC(=O)OC1(C)Cc2cc(C#N)ccc2C1=O. The Labute approximate surface area is 112 Å². The fraction of sp³-hybridized carbons (Fsp3) is 0.400. The molecule has 1 atom stereocenters. The van der Waals surface area contributed by atoms with Gasteiger partial charge in [-0.3, -0.25) is 9.59 Å². The van der Waals surface area contributed by atoms with Gasteiger partial charge in [-0.15, -0.1) is 0 Å². The fourth-order valence-electron chi connectivity index (χ4n) is 2.35.